The summed E-state index contributed by atoms with van der Waals surface area (Å²) in [6.45, 7) is 3.92. The summed E-state index contributed by atoms with van der Waals surface area (Å²) in [6.07, 6.45) is 3.10. The molecule has 108 valence electrons. The third-order valence-corrected chi connectivity index (χ3v) is 3.77. The lowest BCUT2D eigenvalue weighted by Crippen LogP contribution is -2.44. The molecule has 0 saturated carbocycles. The molecule has 1 aliphatic rings. The topological polar surface area (TPSA) is 37.4 Å². The van der Waals surface area contributed by atoms with E-state index in [-0.39, 0.29) is 23.3 Å². The molecular formula is C16H20FNO2. The van der Waals surface area contributed by atoms with E-state index in [1.165, 1.54) is 19.1 Å². The van der Waals surface area contributed by atoms with Gasteiger partial charge in [-0.05, 0) is 50.8 Å². The van der Waals surface area contributed by atoms with Crippen LogP contribution in [0.1, 0.15) is 48.5 Å². The first kappa shape index (κ1) is 14.7. The van der Waals surface area contributed by atoms with Crippen LogP contribution in [0.4, 0.5) is 4.39 Å². The van der Waals surface area contributed by atoms with Crippen molar-refractivity contribution in [2.75, 3.05) is 6.54 Å². The molecule has 1 aliphatic heterocycles. The second-order valence-electron chi connectivity index (χ2n) is 5.54. The molecule has 0 aromatic heterocycles. The Morgan fingerprint density at radius 1 is 1.35 bits per heavy atom. The zero-order chi connectivity index (χ0) is 14.7. The van der Waals surface area contributed by atoms with Crippen LogP contribution in [0.25, 0.3) is 0 Å². The molecule has 1 aromatic rings. The average Bonchev–Trinajstić information content (AvgIpc) is 2.38. The predicted molar refractivity (Wildman–Crippen MR) is 75.1 cm³/mol. The number of Topliss-reactive ketones (excluding diaryl/α,β-unsaturated/α-hetero) is 1. The minimum atomic E-state index is -0.484. The van der Waals surface area contributed by atoms with E-state index in [4.69, 9.17) is 0 Å². The summed E-state index contributed by atoms with van der Waals surface area (Å²) >= 11 is 0. The van der Waals surface area contributed by atoms with Gasteiger partial charge in [-0.2, -0.15) is 0 Å². The molecule has 3 nitrogen and oxygen atoms in total. The third-order valence-electron chi connectivity index (χ3n) is 3.77. The number of aryl methyl sites for hydroxylation is 1. The minimum absolute atomic E-state index is 0.0686. The van der Waals surface area contributed by atoms with Crippen molar-refractivity contribution in [3.63, 3.8) is 0 Å². The summed E-state index contributed by atoms with van der Waals surface area (Å²) in [4.78, 5) is 25.5. The molecule has 0 radical (unpaired) electrons. The van der Waals surface area contributed by atoms with Crippen LogP contribution in [0.2, 0.25) is 0 Å². The van der Waals surface area contributed by atoms with Gasteiger partial charge >= 0.3 is 0 Å². The standard InChI is InChI=1S/C16H20FNO2/c1-11-6-7-14(15(17)9-11)16(20)18-8-4-3-5-13(18)10-12(2)19/h6-7,9,13H,3-5,8,10H2,1-2H3. The highest BCUT2D eigenvalue weighted by Gasteiger charge is 2.29. The summed E-state index contributed by atoms with van der Waals surface area (Å²) in [5.74, 6) is -0.713. The van der Waals surface area contributed by atoms with Crippen LogP contribution in [-0.4, -0.2) is 29.2 Å². The molecule has 1 heterocycles. The lowest BCUT2D eigenvalue weighted by atomic mass is 9.96. The van der Waals surface area contributed by atoms with Gasteiger partial charge in [0.1, 0.15) is 11.6 Å². The maximum absolute atomic E-state index is 13.9. The summed E-state index contributed by atoms with van der Waals surface area (Å²) in [5.41, 5.74) is 0.893. The Morgan fingerprint density at radius 3 is 2.75 bits per heavy atom. The Labute approximate surface area is 118 Å². The van der Waals surface area contributed by atoms with Gasteiger partial charge in [-0.3, -0.25) is 9.59 Å². The Hall–Kier alpha value is -1.71. The molecule has 1 aromatic carbocycles. The minimum Gasteiger partial charge on any atom is -0.335 e. The summed E-state index contributed by atoms with van der Waals surface area (Å²) in [5, 5.41) is 0. The van der Waals surface area contributed by atoms with Gasteiger partial charge in [-0.1, -0.05) is 6.07 Å². The van der Waals surface area contributed by atoms with Gasteiger partial charge in [0, 0.05) is 19.0 Å². The van der Waals surface area contributed by atoms with Crippen LogP contribution in [0, 0.1) is 12.7 Å². The van der Waals surface area contributed by atoms with Gasteiger partial charge in [-0.25, -0.2) is 4.39 Å². The number of carbonyl (C=O) groups is 2. The van der Waals surface area contributed by atoms with E-state index in [1.807, 2.05) is 0 Å². The van der Waals surface area contributed by atoms with Crippen molar-refractivity contribution in [1.29, 1.82) is 0 Å². The average molecular weight is 277 g/mol. The van der Waals surface area contributed by atoms with Crippen molar-refractivity contribution >= 4 is 11.7 Å². The highest BCUT2D eigenvalue weighted by Crippen LogP contribution is 2.23. The number of hydrogen-bond donors (Lipinski definition) is 0. The van der Waals surface area contributed by atoms with Crippen LogP contribution in [0.5, 0.6) is 0 Å². The smallest absolute Gasteiger partial charge is 0.257 e. The number of nitrogens with zero attached hydrogens (tertiary/aromatic N) is 1. The first-order valence-electron chi connectivity index (χ1n) is 7.05. The number of hydrogen-bond acceptors (Lipinski definition) is 2. The van der Waals surface area contributed by atoms with Crippen LogP contribution in [0.3, 0.4) is 0 Å². The highest BCUT2D eigenvalue weighted by atomic mass is 19.1. The largest absolute Gasteiger partial charge is 0.335 e. The molecule has 1 fully saturated rings. The van der Waals surface area contributed by atoms with E-state index in [2.05, 4.69) is 0 Å². The zero-order valence-electron chi connectivity index (χ0n) is 12.0. The van der Waals surface area contributed by atoms with E-state index in [1.54, 1.807) is 17.9 Å². The molecule has 0 N–H and O–H groups in total. The number of amides is 1. The molecule has 1 saturated heterocycles. The normalized spacial score (nSPS) is 18.9. The van der Waals surface area contributed by atoms with E-state index < -0.39 is 5.82 Å². The fourth-order valence-corrected chi connectivity index (χ4v) is 2.76. The molecule has 4 heteroatoms. The van der Waals surface area contributed by atoms with Crippen molar-refractivity contribution in [2.45, 2.75) is 45.6 Å². The van der Waals surface area contributed by atoms with Gasteiger partial charge in [-0.15, -0.1) is 0 Å². The van der Waals surface area contributed by atoms with Crippen molar-refractivity contribution < 1.29 is 14.0 Å². The summed E-state index contributed by atoms with van der Waals surface area (Å²) < 4.78 is 13.9. The van der Waals surface area contributed by atoms with Gasteiger partial charge in [0.25, 0.3) is 5.91 Å². The van der Waals surface area contributed by atoms with Crippen molar-refractivity contribution in [1.82, 2.24) is 4.90 Å². The molecule has 0 spiro atoms. The van der Waals surface area contributed by atoms with Crippen LogP contribution in [0.15, 0.2) is 18.2 Å². The molecule has 2 rings (SSSR count). The van der Waals surface area contributed by atoms with Gasteiger partial charge in [0.2, 0.25) is 0 Å². The van der Waals surface area contributed by atoms with Crippen LogP contribution < -0.4 is 0 Å². The van der Waals surface area contributed by atoms with E-state index in [0.29, 0.717) is 13.0 Å². The summed E-state index contributed by atoms with van der Waals surface area (Å²) in [7, 11) is 0. The monoisotopic (exact) mass is 277 g/mol. The van der Waals surface area contributed by atoms with Crippen molar-refractivity contribution in [3.05, 3.63) is 35.1 Å². The maximum Gasteiger partial charge on any atom is 0.257 e. The number of halogens is 1. The fourth-order valence-electron chi connectivity index (χ4n) is 2.76. The maximum atomic E-state index is 13.9. The van der Waals surface area contributed by atoms with Gasteiger partial charge in [0.15, 0.2) is 0 Å². The Balaban J connectivity index is 2.22. The Kier molecular flexibility index (Phi) is 4.53. The Morgan fingerprint density at radius 2 is 2.10 bits per heavy atom. The molecule has 0 aliphatic carbocycles. The number of carbonyl (C=O) groups excluding carboxylic acids is 2. The molecule has 1 unspecified atom stereocenters. The van der Waals surface area contributed by atoms with Crippen LogP contribution >= 0.6 is 0 Å². The lowest BCUT2D eigenvalue weighted by molar-refractivity contribution is -0.118. The number of piperidine rings is 1. The number of likely N-dealkylation sites (tertiary alicyclic amines) is 1. The van der Waals surface area contributed by atoms with Crippen molar-refractivity contribution in [3.8, 4) is 0 Å². The third kappa shape index (κ3) is 3.24. The number of benzene rings is 1. The number of ketones is 1. The molecule has 1 amide bonds. The predicted octanol–water partition coefficient (Wildman–Crippen LogP) is 3.11. The molecule has 0 bridgehead atoms. The van der Waals surface area contributed by atoms with Gasteiger partial charge < -0.3 is 4.90 Å². The quantitative estimate of drug-likeness (QED) is 0.851. The van der Waals surface area contributed by atoms with Crippen molar-refractivity contribution in [2.24, 2.45) is 0 Å². The van der Waals surface area contributed by atoms with E-state index >= 15 is 0 Å². The first-order chi connectivity index (χ1) is 9.49. The van der Waals surface area contributed by atoms with E-state index in [0.717, 1.165) is 24.8 Å². The zero-order valence-corrected chi connectivity index (χ0v) is 12.0. The second-order valence-corrected chi connectivity index (χ2v) is 5.54. The molecular weight excluding hydrogens is 257 g/mol. The molecule has 20 heavy (non-hydrogen) atoms. The Bertz CT molecular complexity index is 527. The second kappa shape index (κ2) is 6.16. The highest BCUT2D eigenvalue weighted by molar-refractivity contribution is 5.95. The van der Waals surface area contributed by atoms with E-state index in [9.17, 15) is 14.0 Å². The van der Waals surface area contributed by atoms with Gasteiger partial charge in [0.05, 0.1) is 5.56 Å². The lowest BCUT2D eigenvalue weighted by Gasteiger charge is -2.35. The SMILES string of the molecule is CC(=O)CC1CCCCN1C(=O)c1ccc(C)cc1F. The fraction of sp³-hybridized carbons (Fsp3) is 0.500. The van der Waals surface area contributed by atoms with Crippen LogP contribution in [-0.2, 0) is 4.79 Å². The number of rotatable bonds is 3. The summed E-state index contributed by atoms with van der Waals surface area (Å²) in [6, 6.07) is 4.55. The molecule has 1 atom stereocenters. The first-order valence-corrected chi connectivity index (χ1v) is 7.05.